The molecule has 0 aromatic heterocycles. The van der Waals surface area contributed by atoms with Gasteiger partial charge in [-0.3, -0.25) is 0 Å². The fourth-order valence-corrected chi connectivity index (χ4v) is 1.75. The molecule has 0 atom stereocenters. The second-order valence-electron chi connectivity index (χ2n) is 5.45. The van der Waals surface area contributed by atoms with Gasteiger partial charge in [0, 0.05) is 18.5 Å². The second-order valence-corrected chi connectivity index (χ2v) is 5.83. The number of carbonyl (C=O) groups excluding carboxylic acids is 1. The molecule has 1 rings (SSSR count). The van der Waals surface area contributed by atoms with Gasteiger partial charge in [0.1, 0.15) is 5.60 Å². The molecule has 0 spiro atoms. The number of nitrogens with one attached hydrogen (secondary N) is 1. The SMILES string of the molecule is CC(C)(C)OC(=O)NCCC#Cc1cccc(C(=O)O)c1Cl. The van der Waals surface area contributed by atoms with Crippen molar-refractivity contribution in [1.29, 1.82) is 0 Å². The van der Waals surface area contributed by atoms with E-state index in [0.29, 0.717) is 18.5 Å². The number of amides is 1. The van der Waals surface area contributed by atoms with Gasteiger partial charge < -0.3 is 15.2 Å². The molecule has 5 nitrogen and oxygen atoms in total. The molecule has 0 unspecified atom stereocenters. The first-order chi connectivity index (χ1) is 10.2. The van der Waals surface area contributed by atoms with Gasteiger partial charge in [-0.05, 0) is 32.9 Å². The second kappa shape index (κ2) is 7.71. The predicted molar refractivity (Wildman–Crippen MR) is 84.1 cm³/mol. The number of carboxylic acids is 1. The maximum atomic E-state index is 11.4. The third kappa shape index (κ3) is 6.06. The van der Waals surface area contributed by atoms with E-state index >= 15 is 0 Å². The quantitative estimate of drug-likeness (QED) is 0.661. The van der Waals surface area contributed by atoms with E-state index in [9.17, 15) is 9.59 Å². The zero-order chi connectivity index (χ0) is 16.8. The van der Waals surface area contributed by atoms with Crippen LogP contribution < -0.4 is 5.32 Å². The standard InChI is InChI=1S/C16H18ClNO4/c1-16(2,3)22-15(21)18-10-5-4-7-11-8-6-9-12(13(11)17)14(19)20/h6,8-9H,5,10H2,1-3H3,(H,18,21)(H,19,20). The van der Waals surface area contributed by atoms with Gasteiger partial charge in [0.2, 0.25) is 0 Å². The molecule has 0 bridgehead atoms. The third-order valence-corrected chi connectivity index (χ3v) is 2.78. The van der Waals surface area contributed by atoms with E-state index in [1.807, 2.05) is 0 Å². The Bertz CT molecular complexity index is 623. The fraction of sp³-hybridized carbons (Fsp3) is 0.375. The van der Waals surface area contributed by atoms with Crippen LogP contribution in [0.1, 0.15) is 43.1 Å². The van der Waals surface area contributed by atoms with Gasteiger partial charge in [0.15, 0.2) is 0 Å². The van der Waals surface area contributed by atoms with Crippen LogP contribution in [0, 0.1) is 11.8 Å². The van der Waals surface area contributed by atoms with Crippen molar-refractivity contribution in [1.82, 2.24) is 5.32 Å². The lowest BCUT2D eigenvalue weighted by molar-refractivity contribution is 0.0528. The van der Waals surface area contributed by atoms with Crippen molar-refractivity contribution in [2.24, 2.45) is 0 Å². The maximum absolute atomic E-state index is 11.4. The van der Waals surface area contributed by atoms with Crippen molar-refractivity contribution < 1.29 is 19.4 Å². The van der Waals surface area contributed by atoms with E-state index in [0.717, 1.165) is 0 Å². The molecule has 0 aliphatic heterocycles. The normalized spacial score (nSPS) is 10.4. The third-order valence-electron chi connectivity index (χ3n) is 2.37. The smallest absolute Gasteiger partial charge is 0.407 e. The first-order valence-electron chi connectivity index (χ1n) is 6.68. The highest BCUT2D eigenvalue weighted by atomic mass is 35.5. The van der Waals surface area contributed by atoms with Crippen LogP contribution in [0.15, 0.2) is 18.2 Å². The van der Waals surface area contributed by atoms with Crippen molar-refractivity contribution in [3.05, 3.63) is 34.3 Å². The molecule has 22 heavy (non-hydrogen) atoms. The average molecular weight is 324 g/mol. The van der Waals surface area contributed by atoms with Crippen molar-refractivity contribution in [2.75, 3.05) is 6.54 Å². The molecule has 1 aromatic carbocycles. The molecule has 0 radical (unpaired) electrons. The van der Waals surface area contributed by atoms with Crippen LogP contribution in [0.3, 0.4) is 0 Å². The van der Waals surface area contributed by atoms with Crippen LogP contribution in [0.25, 0.3) is 0 Å². The highest BCUT2D eigenvalue weighted by Crippen LogP contribution is 2.20. The molecule has 1 amide bonds. The molecule has 2 N–H and O–H groups in total. The van der Waals surface area contributed by atoms with E-state index in [1.54, 1.807) is 32.9 Å². The lowest BCUT2D eigenvalue weighted by atomic mass is 10.1. The van der Waals surface area contributed by atoms with Gasteiger partial charge in [-0.2, -0.15) is 0 Å². The Balaban J connectivity index is 2.54. The Labute approximate surface area is 134 Å². The number of aromatic carboxylic acids is 1. The summed E-state index contributed by atoms with van der Waals surface area (Å²) in [6.45, 7) is 5.68. The Morgan fingerprint density at radius 1 is 1.36 bits per heavy atom. The monoisotopic (exact) mass is 323 g/mol. The van der Waals surface area contributed by atoms with Gasteiger partial charge in [-0.1, -0.05) is 29.5 Å². The van der Waals surface area contributed by atoms with Crippen LogP contribution in [-0.2, 0) is 4.74 Å². The summed E-state index contributed by atoms with van der Waals surface area (Å²) in [5.41, 5.74) is -0.0835. The largest absolute Gasteiger partial charge is 0.478 e. The van der Waals surface area contributed by atoms with Crippen molar-refractivity contribution in [3.8, 4) is 11.8 Å². The molecule has 118 valence electrons. The van der Waals surface area contributed by atoms with Crippen molar-refractivity contribution in [2.45, 2.75) is 32.8 Å². The molecule has 0 fully saturated rings. The van der Waals surface area contributed by atoms with Crippen LogP contribution in [-0.4, -0.2) is 29.3 Å². The molecule has 0 aliphatic carbocycles. The van der Waals surface area contributed by atoms with Crippen molar-refractivity contribution in [3.63, 3.8) is 0 Å². The predicted octanol–water partition coefficient (Wildman–Crippen LogP) is 3.30. The van der Waals surface area contributed by atoms with Crippen molar-refractivity contribution >= 4 is 23.7 Å². The number of carboxylic acid groups (broad SMARTS) is 1. The minimum atomic E-state index is -1.10. The van der Waals surface area contributed by atoms with E-state index in [1.165, 1.54) is 6.07 Å². The number of rotatable bonds is 3. The van der Waals surface area contributed by atoms with Crippen LogP contribution in [0.2, 0.25) is 5.02 Å². The van der Waals surface area contributed by atoms with E-state index < -0.39 is 17.7 Å². The highest BCUT2D eigenvalue weighted by molar-refractivity contribution is 6.34. The zero-order valence-electron chi connectivity index (χ0n) is 12.7. The first-order valence-corrected chi connectivity index (χ1v) is 7.06. The number of hydrogen-bond acceptors (Lipinski definition) is 3. The number of carbonyl (C=O) groups is 2. The molecule has 0 saturated heterocycles. The molecule has 6 heteroatoms. The molecular weight excluding hydrogens is 306 g/mol. The number of ether oxygens (including phenoxy) is 1. The first kappa shape index (κ1) is 17.9. The molecule has 0 aliphatic rings. The Hall–Kier alpha value is -2.19. The summed E-state index contributed by atoms with van der Waals surface area (Å²) in [7, 11) is 0. The summed E-state index contributed by atoms with van der Waals surface area (Å²) in [5.74, 6) is 4.52. The molecule has 0 heterocycles. The van der Waals surface area contributed by atoms with Gasteiger partial charge in [-0.15, -0.1) is 0 Å². The summed E-state index contributed by atoms with van der Waals surface area (Å²) in [4.78, 5) is 22.3. The molecule has 1 aromatic rings. The van der Waals surface area contributed by atoms with Crippen LogP contribution in [0.5, 0.6) is 0 Å². The summed E-state index contributed by atoms with van der Waals surface area (Å²) in [6, 6.07) is 4.64. The van der Waals surface area contributed by atoms with Gasteiger partial charge in [0.05, 0.1) is 10.6 Å². The van der Waals surface area contributed by atoms with E-state index in [-0.39, 0.29) is 10.6 Å². The molecule has 0 saturated carbocycles. The topological polar surface area (TPSA) is 75.6 Å². The van der Waals surface area contributed by atoms with Crippen LogP contribution in [0.4, 0.5) is 4.79 Å². The summed E-state index contributed by atoms with van der Waals surface area (Å²) < 4.78 is 5.08. The summed E-state index contributed by atoms with van der Waals surface area (Å²) >= 11 is 5.97. The Morgan fingerprint density at radius 2 is 2.05 bits per heavy atom. The molecular formula is C16H18ClNO4. The summed E-state index contributed by atoms with van der Waals surface area (Å²) in [6.07, 6.45) is -0.104. The summed E-state index contributed by atoms with van der Waals surface area (Å²) in [5, 5.41) is 11.7. The van der Waals surface area contributed by atoms with Gasteiger partial charge >= 0.3 is 12.1 Å². The highest BCUT2D eigenvalue weighted by Gasteiger charge is 2.15. The number of hydrogen-bond donors (Lipinski definition) is 2. The minimum Gasteiger partial charge on any atom is -0.478 e. The Kier molecular flexibility index (Phi) is 6.26. The van der Waals surface area contributed by atoms with E-state index in [4.69, 9.17) is 21.4 Å². The fourth-order valence-electron chi connectivity index (χ4n) is 1.49. The number of halogens is 1. The maximum Gasteiger partial charge on any atom is 0.407 e. The number of alkyl carbamates (subject to hydrolysis) is 1. The number of benzene rings is 1. The minimum absolute atomic E-state index is 0.0142. The van der Waals surface area contributed by atoms with Gasteiger partial charge in [-0.25, -0.2) is 9.59 Å². The van der Waals surface area contributed by atoms with Crippen LogP contribution >= 0.6 is 11.6 Å². The Morgan fingerprint density at radius 3 is 2.64 bits per heavy atom. The lowest BCUT2D eigenvalue weighted by Crippen LogP contribution is -2.32. The lowest BCUT2D eigenvalue weighted by Gasteiger charge is -2.19. The zero-order valence-corrected chi connectivity index (χ0v) is 13.5. The van der Waals surface area contributed by atoms with Gasteiger partial charge in [0.25, 0.3) is 0 Å². The van der Waals surface area contributed by atoms with E-state index in [2.05, 4.69) is 17.2 Å². The average Bonchev–Trinajstić information content (AvgIpc) is 2.37.